The normalized spacial score (nSPS) is 16.5. The van der Waals surface area contributed by atoms with Crippen LogP contribution in [0.25, 0.3) is 0 Å². The number of amides is 1. The molecular weight excluding hydrogens is 272 g/mol. The van der Waals surface area contributed by atoms with Gasteiger partial charge < -0.3 is 10.6 Å². The molecule has 21 heavy (non-hydrogen) atoms. The zero-order valence-electron chi connectivity index (χ0n) is 12.3. The molecule has 0 aliphatic carbocycles. The van der Waals surface area contributed by atoms with Gasteiger partial charge in [-0.15, -0.1) is 0 Å². The van der Waals surface area contributed by atoms with E-state index in [1.54, 1.807) is 18.2 Å². The Balaban J connectivity index is 2.15. The molecule has 0 bridgehead atoms. The van der Waals surface area contributed by atoms with E-state index < -0.39 is 10.5 Å². The van der Waals surface area contributed by atoms with Gasteiger partial charge in [-0.2, -0.15) is 0 Å². The van der Waals surface area contributed by atoms with Gasteiger partial charge in [-0.25, -0.2) is 0 Å². The van der Waals surface area contributed by atoms with E-state index in [4.69, 9.17) is 0 Å². The molecule has 7 heteroatoms. The summed E-state index contributed by atoms with van der Waals surface area (Å²) in [6, 6.07) is 6.17. The Morgan fingerprint density at radius 3 is 2.57 bits per heavy atom. The molecule has 7 nitrogen and oxygen atoms in total. The molecule has 1 aromatic carbocycles. The van der Waals surface area contributed by atoms with Crippen molar-refractivity contribution in [2.45, 2.75) is 19.4 Å². The zero-order valence-corrected chi connectivity index (χ0v) is 12.3. The number of benzene rings is 1. The van der Waals surface area contributed by atoms with Crippen LogP contribution >= 0.6 is 0 Å². The van der Waals surface area contributed by atoms with Crippen molar-refractivity contribution in [3.05, 3.63) is 34.4 Å². The molecule has 2 N–H and O–H groups in total. The van der Waals surface area contributed by atoms with Crippen LogP contribution in [-0.2, 0) is 4.79 Å². The van der Waals surface area contributed by atoms with Crippen molar-refractivity contribution in [1.82, 2.24) is 10.2 Å². The fourth-order valence-electron chi connectivity index (χ4n) is 2.38. The molecule has 0 atom stereocenters. The molecule has 1 saturated heterocycles. The summed E-state index contributed by atoms with van der Waals surface area (Å²) in [5.74, 6) is -0.237. The SMILES string of the molecule is CC(C)(C(=O)Nc1ccccc1[N+](=O)[O-])N1CCNCC1. The van der Waals surface area contributed by atoms with E-state index in [1.165, 1.54) is 6.07 Å². The summed E-state index contributed by atoms with van der Waals surface area (Å²) >= 11 is 0. The third kappa shape index (κ3) is 3.37. The Hall–Kier alpha value is -1.99. The van der Waals surface area contributed by atoms with Crippen molar-refractivity contribution >= 4 is 17.3 Å². The van der Waals surface area contributed by atoms with E-state index in [-0.39, 0.29) is 17.3 Å². The minimum atomic E-state index is -0.716. The van der Waals surface area contributed by atoms with Crippen LogP contribution in [-0.4, -0.2) is 47.4 Å². The number of carbonyl (C=O) groups is 1. The van der Waals surface area contributed by atoms with Crippen molar-refractivity contribution in [3.8, 4) is 0 Å². The maximum Gasteiger partial charge on any atom is 0.292 e. The number of anilines is 1. The van der Waals surface area contributed by atoms with Gasteiger partial charge in [0.1, 0.15) is 5.69 Å². The van der Waals surface area contributed by atoms with E-state index in [1.807, 2.05) is 13.8 Å². The molecule has 1 heterocycles. The third-order valence-corrected chi connectivity index (χ3v) is 3.81. The molecule has 1 aromatic rings. The van der Waals surface area contributed by atoms with E-state index in [0.717, 1.165) is 26.2 Å². The molecule has 0 saturated carbocycles. The Bertz CT molecular complexity index is 539. The summed E-state index contributed by atoms with van der Waals surface area (Å²) in [4.78, 5) is 25.1. The number of carbonyl (C=O) groups excluding carboxylic acids is 1. The number of piperazine rings is 1. The topological polar surface area (TPSA) is 87.5 Å². The predicted octanol–water partition coefficient (Wildman–Crippen LogP) is 1.22. The quantitative estimate of drug-likeness (QED) is 0.643. The summed E-state index contributed by atoms with van der Waals surface area (Å²) in [6.45, 7) is 6.89. The fourth-order valence-corrected chi connectivity index (χ4v) is 2.38. The Kier molecular flexibility index (Phi) is 4.54. The Labute approximate surface area is 123 Å². The Morgan fingerprint density at radius 1 is 1.33 bits per heavy atom. The van der Waals surface area contributed by atoms with Crippen molar-refractivity contribution in [1.29, 1.82) is 0 Å². The van der Waals surface area contributed by atoms with Crippen molar-refractivity contribution in [2.24, 2.45) is 0 Å². The second-order valence-corrected chi connectivity index (χ2v) is 5.52. The Morgan fingerprint density at radius 2 is 1.95 bits per heavy atom. The largest absolute Gasteiger partial charge is 0.319 e. The molecule has 1 aliphatic rings. The van der Waals surface area contributed by atoms with Gasteiger partial charge in [0.2, 0.25) is 5.91 Å². The van der Waals surface area contributed by atoms with Gasteiger partial charge in [0, 0.05) is 32.2 Å². The van der Waals surface area contributed by atoms with Gasteiger partial charge in [0.05, 0.1) is 10.5 Å². The first-order valence-electron chi connectivity index (χ1n) is 6.93. The zero-order chi connectivity index (χ0) is 15.5. The lowest BCUT2D eigenvalue weighted by molar-refractivity contribution is -0.383. The maximum atomic E-state index is 12.5. The second-order valence-electron chi connectivity index (χ2n) is 5.52. The van der Waals surface area contributed by atoms with Gasteiger partial charge in [-0.3, -0.25) is 19.8 Å². The van der Waals surface area contributed by atoms with E-state index in [0.29, 0.717) is 0 Å². The highest BCUT2D eigenvalue weighted by Crippen LogP contribution is 2.25. The maximum absolute atomic E-state index is 12.5. The van der Waals surface area contributed by atoms with E-state index in [2.05, 4.69) is 15.5 Å². The standard InChI is InChI=1S/C14H20N4O3/c1-14(2,17-9-7-15-8-10-17)13(19)16-11-5-3-4-6-12(11)18(20)21/h3-6,15H,7-10H2,1-2H3,(H,16,19). The predicted molar refractivity (Wildman–Crippen MR) is 80.2 cm³/mol. The number of hydrogen-bond acceptors (Lipinski definition) is 5. The molecular formula is C14H20N4O3. The first kappa shape index (κ1) is 15.4. The summed E-state index contributed by atoms with van der Waals surface area (Å²) in [5.41, 5.74) is -0.580. The summed E-state index contributed by atoms with van der Waals surface area (Å²) in [7, 11) is 0. The number of para-hydroxylation sites is 2. The third-order valence-electron chi connectivity index (χ3n) is 3.81. The lowest BCUT2D eigenvalue weighted by Gasteiger charge is -2.39. The molecule has 2 rings (SSSR count). The van der Waals surface area contributed by atoms with Gasteiger partial charge in [0.15, 0.2) is 0 Å². The molecule has 0 radical (unpaired) electrons. The molecule has 0 spiro atoms. The number of nitrogens with zero attached hydrogens (tertiary/aromatic N) is 2. The highest BCUT2D eigenvalue weighted by molar-refractivity contribution is 5.99. The summed E-state index contributed by atoms with van der Waals surface area (Å²) < 4.78 is 0. The van der Waals surface area contributed by atoms with Crippen molar-refractivity contribution in [3.63, 3.8) is 0 Å². The molecule has 1 aliphatic heterocycles. The lowest BCUT2D eigenvalue weighted by atomic mass is 10.00. The fraction of sp³-hybridized carbons (Fsp3) is 0.500. The molecule has 114 valence electrons. The number of nitro benzene ring substituents is 1. The molecule has 1 amide bonds. The number of nitrogens with one attached hydrogen (secondary N) is 2. The number of rotatable bonds is 4. The van der Waals surface area contributed by atoms with Crippen molar-refractivity contribution in [2.75, 3.05) is 31.5 Å². The van der Waals surface area contributed by atoms with Gasteiger partial charge in [-0.05, 0) is 19.9 Å². The van der Waals surface area contributed by atoms with E-state index in [9.17, 15) is 14.9 Å². The van der Waals surface area contributed by atoms with Gasteiger partial charge in [0.25, 0.3) is 5.69 Å². The van der Waals surface area contributed by atoms with Crippen LogP contribution in [0.3, 0.4) is 0 Å². The molecule has 1 fully saturated rings. The summed E-state index contributed by atoms with van der Waals surface area (Å²) in [5, 5.41) is 16.9. The van der Waals surface area contributed by atoms with Crippen LogP contribution in [0, 0.1) is 10.1 Å². The van der Waals surface area contributed by atoms with Crippen molar-refractivity contribution < 1.29 is 9.72 Å². The lowest BCUT2D eigenvalue weighted by Crippen LogP contribution is -2.58. The number of hydrogen-bond donors (Lipinski definition) is 2. The van der Waals surface area contributed by atoms with Crippen LogP contribution in [0.15, 0.2) is 24.3 Å². The van der Waals surface area contributed by atoms with Crippen LogP contribution in [0.2, 0.25) is 0 Å². The molecule has 0 unspecified atom stereocenters. The van der Waals surface area contributed by atoms with Gasteiger partial charge >= 0.3 is 0 Å². The van der Waals surface area contributed by atoms with Crippen LogP contribution in [0.1, 0.15) is 13.8 Å². The van der Waals surface area contributed by atoms with Crippen LogP contribution < -0.4 is 10.6 Å². The van der Waals surface area contributed by atoms with E-state index >= 15 is 0 Å². The van der Waals surface area contributed by atoms with Crippen LogP contribution in [0.5, 0.6) is 0 Å². The highest BCUT2D eigenvalue weighted by atomic mass is 16.6. The minimum absolute atomic E-state index is 0.0954. The van der Waals surface area contributed by atoms with Crippen LogP contribution in [0.4, 0.5) is 11.4 Å². The molecule has 0 aromatic heterocycles. The number of nitro groups is 1. The smallest absolute Gasteiger partial charge is 0.292 e. The average molecular weight is 292 g/mol. The summed E-state index contributed by atoms with van der Waals surface area (Å²) in [6.07, 6.45) is 0. The monoisotopic (exact) mass is 292 g/mol. The van der Waals surface area contributed by atoms with Gasteiger partial charge in [-0.1, -0.05) is 12.1 Å². The average Bonchev–Trinajstić information content (AvgIpc) is 2.48. The second kappa shape index (κ2) is 6.19. The highest BCUT2D eigenvalue weighted by Gasteiger charge is 2.35. The first-order valence-corrected chi connectivity index (χ1v) is 6.93. The minimum Gasteiger partial charge on any atom is -0.319 e. The first-order chi connectivity index (χ1) is 9.93.